The van der Waals surface area contributed by atoms with E-state index >= 15 is 0 Å². The first-order valence-corrected chi connectivity index (χ1v) is 7.28. The van der Waals surface area contributed by atoms with Crippen LogP contribution in [0.15, 0.2) is 0 Å². The monoisotopic (exact) mass is 329 g/mol. The van der Waals surface area contributed by atoms with Crippen LogP contribution in [0.1, 0.15) is 47.0 Å². The first-order chi connectivity index (χ1) is 8.52. The van der Waals surface area contributed by atoms with E-state index in [1.165, 1.54) is 12.8 Å². The highest BCUT2D eigenvalue weighted by Crippen LogP contribution is 2.00. The van der Waals surface area contributed by atoms with Crippen molar-refractivity contribution >= 4 is 30.7 Å². The number of nitrogens with zero attached hydrogens (tertiary/aromatic N) is 1. The zero-order valence-corrected chi connectivity index (χ0v) is 15.0. The summed E-state index contributed by atoms with van der Waals surface area (Å²) in [5, 5.41) is 2.96. The highest BCUT2D eigenvalue weighted by Gasteiger charge is 2.16. The Labute approximate surface area is 137 Å². The normalized spacial score (nSPS) is 13.1. The van der Waals surface area contributed by atoms with Crippen LogP contribution in [0.2, 0.25) is 0 Å². The van der Waals surface area contributed by atoms with E-state index in [-0.39, 0.29) is 42.7 Å². The van der Waals surface area contributed by atoms with Crippen molar-refractivity contribution in [3.63, 3.8) is 0 Å². The number of hydrogen-bond acceptors (Lipinski definition) is 3. The molecular formula is C14H33Cl2N3O. The molecule has 3 N–H and O–H groups in total. The molecule has 0 aliphatic heterocycles. The summed E-state index contributed by atoms with van der Waals surface area (Å²) < 4.78 is 0. The van der Waals surface area contributed by atoms with Crippen LogP contribution in [0, 0.1) is 5.92 Å². The Hall–Kier alpha value is -0.0300. The average Bonchev–Trinajstić information content (AvgIpc) is 2.33. The fraction of sp³-hybridized carbons (Fsp3) is 0.929. The largest absolute Gasteiger partial charge is 0.356 e. The molecule has 0 aliphatic carbocycles. The summed E-state index contributed by atoms with van der Waals surface area (Å²) in [6, 6.07) is -0.0818. The van der Waals surface area contributed by atoms with Gasteiger partial charge in [-0.25, -0.2) is 0 Å². The Balaban J connectivity index is -0.00000144. The van der Waals surface area contributed by atoms with Crippen molar-refractivity contribution in [1.82, 2.24) is 10.2 Å². The van der Waals surface area contributed by atoms with E-state index < -0.39 is 0 Å². The Morgan fingerprint density at radius 1 is 1.10 bits per heavy atom. The van der Waals surface area contributed by atoms with Gasteiger partial charge in [-0.3, -0.25) is 4.79 Å². The van der Waals surface area contributed by atoms with Gasteiger partial charge >= 0.3 is 0 Å². The van der Waals surface area contributed by atoms with Crippen LogP contribution in [-0.4, -0.2) is 43.0 Å². The lowest BCUT2D eigenvalue weighted by Gasteiger charge is -2.21. The molecule has 0 rings (SSSR count). The number of carbonyl (C=O) groups excluding carboxylic acids is 1. The average molecular weight is 330 g/mol. The van der Waals surface area contributed by atoms with Crippen LogP contribution in [0.25, 0.3) is 0 Å². The second kappa shape index (κ2) is 15.4. The predicted molar refractivity (Wildman–Crippen MR) is 92.0 cm³/mol. The van der Waals surface area contributed by atoms with Crippen molar-refractivity contribution in [2.45, 2.75) is 53.0 Å². The lowest BCUT2D eigenvalue weighted by Crippen LogP contribution is -2.39. The van der Waals surface area contributed by atoms with E-state index in [1.807, 2.05) is 13.8 Å². The van der Waals surface area contributed by atoms with Gasteiger partial charge in [0, 0.05) is 18.5 Å². The van der Waals surface area contributed by atoms with Gasteiger partial charge in [-0.15, -0.1) is 24.8 Å². The van der Waals surface area contributed by atoms with E-state index in [9.17, 15) is 4.79 Å². The molecule has 4 nitrogen and oxygen atoms in total. The Kier molecular flexibility index (Phi) is 19.2. The minimum atomic E-state index is -0.104. The van der Waals surface area contributed by atoms with Gasteiger partial charge in [-0.2, -0.15) is 0 Å². The number of hydrogen-bond donors (Lipinski definition) is 2. The number of carbonyl (C=O) groups is 1. The highest BCUT2D eigenvalue weighted by atomic mass is 35.5. The topological polar surface area (TPSA) is 58.4 Å². The van der Waals surface area contributed by atoms with Crippen LogP contribution >= 0.6 is 24.8 Å². The summed E-state index contributed by atoms with van der Waals surface area (Å²) in [5.41, 5.74) is 5.70. The van der Waals surface area contributed by atoms with Gasteiger partial charge in [0.1, 0.15) is 0 Å². The van der Waals surface area contributed by atoms with E-state index in [0.29, 0.717) is 0 Å². The molecule has 2 atom stereocenters. The highest BCUT2D eigenvalue weighted by molar-refractivity contribution is 5.85. The molecule has 1 amide bonds. The molecule has 0 heterocycles. The van der Waals surface area contributed by atoms with Crippen molar-refractivity contribution in [1.29, 1.82) is 0 Å². The summed E-state index contributed by atoms with van der Waals surface area (Å²) >= 11 is 0. The quantitative estimate of drug-likeness (QED) is 0.605. The zero-order chi connectivity index (χ0) is 14.0. The third-order valence-corrected chi connectivity index (χ3v) is 3.23. The van der Waals surface area contributed by atoms with Crippen LogP contribution in [-0.2, 0) is 4.79 Å². The second-order valence-corrected chi connectivity index (χ2v) is 5.13. The van der Waals surface area contributed by atoms with Gasteiger partial charge in [0.05, 0.1) is 0 Å². The van der Waals surface area contributed by atoms with Gasteiger partial charge in [-0.1, -0.05) is 20.8 Å². The molecule has 0 bridgehead atoms. The van der Waals surface area contributed by atoms with E-state index in [1.54, 1.807) is 0 Å². The molecule has 124 valence electrons. The van der Waals surface area contributed by atoms with Crippen LogP contribution in [0.5, 0.6) is 0 Å². The molecule has 20 heavy (non-hydrogen) atoms. The Morgan fingerprint density at radius 3 is 2.00 bits per heavy atom. The minimum absolute atomic E-state index is 0. The third-order valence-electron chi connectivity index (χ3n) is 3.23. The molecule has 0 aromatic carbocycles. The molecule has 2 unspecified atom stereocenters. The lowest BCUT2D eigenvalue weighted by atomic mass is 10.0. The summed E-state index contributed by atoms with van der Waals surface area (Å²) in [7, 11) is 0. The maximum atomic E-state index is 11.7. The summed E-state index contributed by atoms with van der Waals surface area (Å²) in [5.74, 6) is -0.0325. The summed E-state index contributed by atoms with van der Waals surface area (Å²) in [4.78, 5) is 14.1. The Morgan fingerprint density at radius 2 is 1.60 bits per heavy atom. The first-order valence-electron chi connectivity index (χ1n) is 7.28. The lowest BCUT2D eigenvalue weighted by molar-refractivity contribution is -0.124. The molecule has 0 radical (unpaired) electrons. The smallest absolute Gasteiger partial charge is 0.224 e. The molecular weight excluding hydrogens is 297 g/mol. The zero-order valence-electron chi connectivity index (χ0n) is 13.4. The molecule has 0 fully saturated rings. The van der Waals surface area contributed by atoms with Crippen molar-refractivity contribution in [2.75, 3.05) is 26.2 Å². The molecule has 0 aliphatic rings. The number of halogens is 2. The van der Waals surface area contributed by atoms with Gasteiger partial charge in [0.2, 0.25) is 5.91 Å². The first kappa shape index (κ1) is 25.0. The SMILES string of the molecule is CCCN(CCC)CCCNC(=O)C(C)C(C)N.Cl.Cl. The number of amides is 1. The molecule has 6 heteroatoms. The Bertz CT molecular complexity index is 222. The summed E-state index contributed by atoms with van der Waals surface area (Å²) in [6.07, 6.45) is 3.39. The maximum absolute atomic E-state index is 11.7. The molecule has 0 aromatic heterocycles. The standard InChI is InChI=1S/C14H31N3O.2ClH/c1-5-9-17(10-6-2)11-7-8-16-14(18)12(3)13(4)15;;/h12-13H,5-11,15H2,1-4H3,(H,16,18);2*1H. The van der Waals surface area contributed by atoms with Gasteiger partial charge < -0.3 is 16.0 Å². The van der Waals surface area contributed by atoms with E-state index in [0.717, 1.165) is 32.6 Å². The molecule has 0 saturated carbocycles. The van der Waals surface area contributed by atoms with Gasteiger partial charge in [-0.05, 0) is 45.8 Å². The maximum Gasteiger partial charge on any atom is 0.224 e. The van der Waals surface area contributed by atoms with Gasteiger partial charge in [0.15, 0.2) is 0 Å². The van der Waals surface area contributed by atoms with Gasteiger partial charge in [0.25, 0.3) is 0 Å². The fourth-order valence-corrected chi connectivity index (χ4v) is 1.88. The van der Waals surface area contributed by atoms with Crippen LogP contribution < -0.4 is 11.1 Å². The fourth-order valence-electron chi connectivity index (χ4n) is 1.88. The van der Waals surface area contributed by atoms with Crippen LogP contribution in [0.4, 0.5) is 0 Å². The second-order valence-electron chi connectivity index (χ2n) is 5.13. The minimum Gasteiger partial charge on any atom is -0.356 e. The number of nitrogens with two attached hydrogens (primary N) is 1. The van der Waals surface area contributed by atoms with Crippen molar-refractivity contribution in [2.24, 2.45) is 11.7 Å². The van der Waals surface area contributed by atoms with Crippen LogP contribution in [0.3, 0.4) is 0 Å². The molecule has 0 saturated heterocycles. The number of rotatable bonds is 10. The predicted octanol–water partition coefficient (Wildman–Crippen LogP) is 2.44. The third kappa shape index (κ3) is 11.8. The molecule has 0 aromatic rings. The van der Waals surface area contributed by atoms with Crippen molar-refractivity contribution in [3.05, 3.63) is 0 Å². The van der Waals surface area contributed by atoms with E-state index in [4.69, 9.17) is 5.73 Å². The van der Waals surface area contributed by atoms with Crippen molar-refractivity contribution in [3.8, 4) is 0 Å². The summed E-state index contributed by atoms with van der Waals surface area (Å²) in [6.45, 7) is 12.3. The van der Waals surface area contributed by atoms with Crippen molar-refractivity contribution < 1.29 is 4.79 Å². The molecule has 0 spiro atoms. The van der Waals surface area contributed by atoms with E-state index in [2.05, 4.69) is 24.1 Å². The number of nitrogens with one attached hydrogen (secondary N) is 1.